The van der Waals surface area contributed by atoms with E-state index in [1.807, 2.05) is 24.3 Å². The van der Waals surface area contributed by atoms with Crippen LogP contribution in [0.2, 0.25) is 0 Å². The van der Waals surface area contributed by atoms with Gasteiger partial charge < -0.3 is 9.88 Å². The van der Waals surface area contributed by atoms with Gasteiger partial charge >= 0.3 is 0 Å². The first-order valence-corrected chi connectivity index (χ1v) is 10.8. The smallest absolute Gasteiger partial charge is 0.220 e. The lowest BCUT2D eigenvalue weighted by atomic mass is 10.1. The van der Waals surface area contributed by atoms with Crippen molar-refractivity contribution in [2.75, 3.05) is 0 Å². The van der Waals surface area contributed by atoms with Gasteiger partial charge in [0.25, 0.3) is 0 Å². The molecule has 0 atom stereocenters. The Labute approximate surface area is 171 Å². The van der Waals surface area contributed by atoms with Crippen LogP contribution in [-0.4, -0.2) is 16.5 Å². The van der Waals surface area contributed by atoms with Gasteiger partial charge in [-0.25, -0.2) is 4.39 Å². The molecule has 3 nitrogen and oxygen atoms in total. The summed E-state index contributed by atoms with van der Waals surface area (Å²) in [6.45, 7) is 0.690. The molecule has 1 amide bonds. The van der Waals surface area contributed by atoms with Gasteiger partial charge in [-0.15, -0.1) is 0 Å². The van der Waals surface area contributed by atoms with Gasteiger partial charge in [0, 0.05) is 36.1 Å². The highest BCUT2D eigenvalue weighted by atomic mass is 19.1. The third kappa shape index (κ3) is 5.06. The zero-order chi connectivity index (χ0) is 20.1. The maximum absolute atomic E-state index is 13.2. The Morgan fingerprint density at radius 3 is 2.48 bits per heavy atom. The van der Waals surface area contributed by atoms with E-state index in [0.29, 0.717) is 19.0 Å². The van der Waals surface area contributed by atoms with E-state index in [1.54, 1.807) is 0 Å². The fourth-order valence-electron chi connectivity index (χ4n) is 4.41. The van der Waals surface area contributed by atoms with Crippen LogP contribution >= 0.6 is 0 Å². The molecule has 0 aliphatic heterocycles. The highest BCUT2D eigenvalue weighted by Crippen LogP contribution is 2.24. The molecule has 1 heterocycles. The number of nitrogens with zero attached hydrogens (tertiary/aromatic N) is 1. The van der Waals surface area contributed by atoms with E-state index < -0.39 is 0 Å². The zero-order valence-electron chi connectivity index (χ0n) is 16.9. The minimum absolute atomic E-state index is 0.160. The summed E-state index contributed by atoms with van der Waals surface area (Å²) in [4.78, 5) is 12.5. The molecule has 1 saturated carbocycles. The first-order valence-electron chi connectivity index (χ1n) is 10.8. The number of carbonyl (C=O) groups is 1. The molecular formula is C25H29FN2O. The first kappa shape index (κ1) is 19.7. The fourth-order valence-corrected chi connectivity index (χ4v) is 4.41. The normalized spacial score (nSPS) is 15.3. The quantitative estimate of drug-likeness (QED) is 0.544. The molecule has 1 aliphatic rings. The van der Waals surface area contributed by atoms with E-state index in [-0.39, 0.29) is 11.7 Å². The molecule has 4 rings (SSSR count). The van der Waals surface area contributed by atoms with E-state index in [1.165, 1.54) is 48.8 Å². The maximum Gasteiger partial charge on any atom is 0.220 e. The molecule has 1 aromatic heterocycles. The SMILES string of the molecule is O=C(CCc1cn(Cc2ccc(F)cc2)c2ccccc12)NC1CCCCCC1. The van der Waals surface area contributed by atoms with Gasteiger partial charge in [-0.1, -0.05) is 56.0 Å². The third-order valence-corrected chi connectivity index (χ3v) is 5.98. The summed E-state index contributed by atoms with van der Waals surface area (Å²) in [5.74, 6) is -0.0567. The predicted octanol–water partition coefficient (Wildman–Crippen LogP) is 5.60. The second kappa shape index (κ2) is 9.25. The van der Waals surface area contributed by atoms with Crippen LogP contribution in [0, 0.1) is 5.82 Å². The van der Waals surface area contributed by atoms with Gasteiger partial charge in [0.2, 0.25) is 5.91 Å². The van der Waals surface area contributed by atoms with Crippen LogP contribution < -0.4 is 5.32 Å². The number of halogens is 1. The number of aromatic nitrogens is 1. The van der Waals surface area contributed by atoms with Crippen LogP contribution in [0.3, 0.4) is 0 Å². The van der Waals surface area contributed by atoms with Gasteiger partial charge in [-0.3, -0.25) is 4.79 Å². The molecule has 3 aromatic rings. The van der Waals surface area contributed by atoms with Crippen LogP contribution in [0.15, 0.2) is 54.7 Å². The van der Waals surface area contributed by atoms with E-state index in [2.05, 4.69) is 28.2 Å². The van der Waals surface area contributed by atoms with Crippen molar-refractivity contribution in [2.24, 2.45) is 0 Å². The van der Waals surface area contributed by atoms with Crippen LogP contribution in [0.4, 0.5) is 4.39 Å². The molecule has 1 aliphatic carbocycles. The molecule has 0 spiro atoms. The minimum atomic E-state index is -0.216. The summed E-state index contributed by atoms with van der Waals surface area (Å²) < 4.78 is 15.4. The van der Waals surface area contributed by atoms with Crippen molar-refractivity contribution in [3.8, 4) is 0 Å². The molecule has 1 fully saturated rings. The van der Waals surface area contributed by atoms with Crippen molar-refractivity contribution in [2.45, 2.75) is 64.0 Å². The average molecular weight is 393 g/mol. The van der Waals surface area contributed by atoms with Crippen LogP contribution in [-0.2, 0) is 17.8 Å². The predicted molar refractivity (Wildman–Crippen MR) is 115 cm³/mol. The van der Waals surface area contributed by atoms with Crippen molar-refractivity contribution < 1.29 is 9.18 Å². The number of para-hydroxylation sites is 1. The Kier molecular flexibility index (Phi) is 6.28. The summed E-state index contributed by atoms with van der Waals surface area (Å²) in [6.07, 6.45) is 10.7. The summed E-state index contributed by atoms with van der Waals surface area (Å²) in [5, 5.41) is 4.44. The third-order valence-electron chi connectivity index (χ3n) is 5.98. The lowest BCUT2D eigenvalue weighted by molar-refractivity contribution is -0.121. The monoisotopic (exact) mass is 392 g/mol. The van der Waals surface area contributed by atoms with Gasteiger partial charge in [0.05, 0.1) is 0 Å². The van der Waals surface area contributed by atoms with Crippen molar-refractivity contribution in [3.63, 3.8) is 0 Å². The molecule has 1 N–H and O–H groups in total. The fraction of sp³-hybridized carbons (Fsp3) is 0.400. The summed E-state index contributed by atoms with van der Waals surface area (Å²) in [5.41, 5.74) is 3.40. The number of benzene rings is 2. The molecule has 0 bridgehead atoms. The minimum Gasteiger partial charge on any atom is -0.353 e. The Balaban J connectivity index is 1.44. The Bertz CT molecular complexity index is 953. The van der Waals surface area contributed by atoms with Gasteiger partial charge in [0.1, 0.15) is 5.82 Å². The van der Waals surface area contributed by atoms with Crippen molar-refractivity contribution >= 4 is 16.8 Å². The van der Waals surface area contributed by atoms with Gasteiger partial charge in [0.15, 0.2) is 0 Å². The Morgan fingerprint density at radius 1 is 1.00 bits per heavy atom. The molecule has 0 saturated heterocycles. The van der Waals surface area contributed by atoms with Gasteiger partial charge in [-0.05, 0) is 48.6 Å². The molecule has 2 aromatic carbocycles. The zero-order valence-corrected chi connectivity index (χ0v) is 16.9. The molecule has 29 heavy (non-hydrogen) atoms. The van der Waals surface area contributed by atoms with E-state index in [0.717, 1.165) is 30.3 Å². The van der Waals surface area contributed by atoms with E-state index in [4.69, 9.17) is 0 Å². The van der Waals surface area contributed by atoms with Crippen molar-refractivity contribution in [3.05, 3.63) is 71.7 Å². The molecular weight excluding hydrogens is 363 g/mol. The Morgan fingerprint density at radius 2 is 1.72 bits per heavy atom. The lowest BCUT2D eigenvalue weighted by Crippen LogP contribution is -2.34. The van der Waals surface area contributed by atoms with Crippen molar-refractivity contribution in [1.29, 1.82) is 0 Å². The summed E-state index contributed by atoms with van der Waals surface area (Å²) >= 11 is 0. The number of nitrogens with one attached hydrogen (secondary N) is 1. The van der Waals surface area contributed by atoms with Gasteiger partial charge in [-0.2, -0.15) is 0 Å². The molecule has 0 unspecified atom stereocenters. The van der Waals surface area contributed by atoms with Crippen LogP contribution in [0.25, 0.3) is 10.9 Å². The topological polar surface area (TPSA) is 34.0 Å². The van der Waals surface area contributed by atoms with E-state index in [9.17, 15) is 9.18 Å². The molecule has 0 radical (unpaired) electrons. The number of hydrogen-bond acceptors (Lipinski definition) is 1. The number of rotatable bonds is 6. The number of fused-ring (bicyclic) bond motifs is 1. The highest BCUT2D eigenvalue weighted by Gasteiger charge is 2.15. The van der Waals surface area contributed by atoms with Crippen molar-refractivity contribution in [1.82, 2.24) is 9.88 Å². The Hall–Kier alpha value is -2.62. The first-order chi connectivity index (χ1) is 14.2. The average Bonchev–Trinajstić information content (AvgIpc) is 2.88. The van der Waals surface area contributed by atoms with Crippen LogP contribution in [0.1, 0.15) is 56.1 Å². The second-order valence-electron chi connectivity index (χ2n) is 8.18. The number of hydrogen-bond donors (Lipinski definition) is 1. The van der Waals surface area contributed by atoms with E-state index >= 15 is 0 Å². The summed E-state index contributed by atoms with van der Waals surface area (Å²) in [7, 11) is 0. The standard InChI is InChI=1S/C25H29FN2O/c26-21-14-11-19(12-15-21)17-28-18-20(23-9-5-6-10-24(23)28)13-16-25(29)27-22-7-3-1-2-4-8-22/h5-6,9-12,14-15,18,22H,1-4,7-8,13,16-17H2,(H,27,29). The largest absolute Gasteiger partial charge is 0.353 e. The number of amides is 1. The number of aryl methyl sites for hydroxylation is 1. The maximum atomic E-state index is 13.2. The van der Waals surface area contributed by atoms with Crippen LogP contribution in [0.5, 0.6) is 0 Å². The summed E-state index contributed by atoms with van der Waals surface area (Å²) in [6, 6.07) is 15.3. The second-order valence-corrected chi connectivity index (χ2v) is 8.18. The lowest BCUT2D eigenvalue weighted by Gasteiger charge is -2.16. The molecule has 152 valence electrons. The molecule has 4 heteroatoms. The number of carbonyl (C=O) groups excluding carboxylic acids is 1. The highest BCUT2D eigenvalue weighted by molar-refractivity contribution is 5.85.